The van der Waals surface area contributed by atoms with Crippen LogP contribution in [0, 0.1) is 6.92 Å². The number of aromatic nitrogens is 1. The molecule has 0 bridgehead atoms. The van der Waals surface area contributed by atoms with E-state index in [9.17, 15) is 9.59 Å². The number of nitrogens with zero attached hydrogens (tertiary/aromatic N) is 1. The first-order chi connectivity index (χ1) is 8.56. The largest absolute Gasteiger partial charge is 0.430 e. The molecule has 0 radical (unpaired) electrons. The number of halogens is 1. The molecule has 2 heterocycles. The van der Waals surface area contributed by atoms with E-state index in [1.165, 1.54) is 12.1 Å². The minimum absolute atomic E-state index is 0.275. The molecular formula is C12H9BrN2O3. The lowest BCUT2D eigenvalue weighted by Crippen LogP contribution is -2.14. The van der Waals surface area contributed by atoms with Crippen molar-refractivity contribution < 1.29 is 9.21 Å². The van der Waals surface area contributed by atoms with Crippen LogP contribution < -0.4 is 10.9 Å². The second-order valence-corrected chi connectivity index (χ2v) is 4.38. The van der Waals surface area contributed by atoms with Gasteiger partial charge in [-0.15, -0.1) is 0 Å². The highest BCUT2D eigenvalue weighted by atomic mass is 79.9. The van der Waals surface area contributed by atoms with Crippen LogP contribution >= 0.6 is 15.9 Å². The minimum Gasteiger partial charge on any atom is -0.430 e. The summed E-state index contributed by atoms with van der Waals surface area (Å²) in [7, 11) is 0. The van der Waals surface area contributed by atoms with Gasteiger partial charge in [0, 0.05) is 6.07 Å². The normalized spacial score (nSPS) is 10.1. The molecule has 0 aliphatic heterocycles. The predicted molar refractivity (Wildman–Crippen MR) is 69.6 cm³/mol. The van der Waals surface area contributed by atoms with Crippen molar-refractivity contribution in [2.75, 3.05) is 5.32 Å². The van der Waals surface area contributed by atoms with Gasteiger partial charge in [-0.2, -0.15) is 0 Å². The maximum absolute atomic E-state index is 11.8. The fraction of sp³-hybridized carbons (Fsp3) is 0.0833. The zero-order valence-electron chi connectivity index (χ0n) is 9.44. The highest BCUT2D eigenvalue weighted by Crippen LogP contribution is 2.16. The van der Waals surface area contributed by atoms with Gasteiger partial charge >= 0.3 is 5.63 Å². The molecule has 6 heteroatoms. The maximum atomic E-state index is 11.8. The Morgan fingerprint density at radius 1 is 1.33 bits per heavy atom. The van der Waals surface area contributed by atoms with Crippen LogP contribution in [0.5, 0.6) is 0 Å². The molecule has 2 aromatic heterocycles. The Labute approximate surface area is 111 Å². The van der Waals surface area contributed by atoms with E-state index in [0.717, 1.165) is 6.26 Å². The lowest BCUT2D eigenvalue weighted by atomic mass is 10.2. The van der Waals surface area contributed by atoms with Crippen molar-refractivity contribution in [3.05, 3.63) is 56.8 Å². The van der Waals surface area contributed by atoms with Crippen LogP contribution in [0.1, 0.15) is 16.1 Å². The quantitative estimate of drug-likeness (QED) is 0.864. The van der Waals surface area contributed by atoms with Crippen LogP contribution in [-0.2, 0) is 0 Å². The van der Waals surface area contributed by atoms with Crippen molar-refractivity contribution in [1.82, 2.24) is 4.98 Å². The van der Waals surface area contributed by atoms with Gasteiger partial charge in [-0.3, -0.25) is 4.79 Å². The minimum atomic E-state index is -0.493. The second kappa shape index (κ2) is 5.14. The summed E-state index contributed by atoms with van der Waals surface area (Å²) >= 11 is 3.24. The highest BCUT2D eigenvalue weighted by molar-refractivity contribution is 9.10. The Balaban J connectivity index is 2.21. The van der Waals surface area contributed by atoms with Crippen LogP contribution in [0.15, 0.2) is 44.3 Å². The summed E-state index contributed by atoms with van der Waals surface area (Å²) in [5, 5.41) is 2.69. The van der Waals surface area contributed by atoms with Gasteiger partial charge in [0.15, 0.2) is 0 Å². The van der Waals surface area contributed by atoms with Crippen molar-refractivity contribution in [3.63, 3.8) is 0 Å². The Kier molecular flexibility index (Phi) is 3.57. The first-order valence-electron chi connectivity index (χ1n) is 5.09. The van der Waals surface area contributed by atoms with Gasteiger partial charge in [-0.05, 0) is 41.1 Å². The lowest BCUT2D eigenvalue weighted by Gasteiger charge is -2.07. The van der Waals surface area contributed by atoms with Crippen LogP contribution in [0.4, 0.5) is 5.69 Å². The van der Waals surface area contributed by atoms with Crippen LogP contribution in [0.25, 0.3) is 0 Å². The van der Waals surface area contributed by atoms with E-state index in [1.54, 1.807) is 19.1 Å². The van der Waals surface area contributed by atoms with Crippen LogP contribution in [-0.4, -0.2) is 10.9 Å². The molecule has 1 amide bonds. The van der Waals surface area contributed by atoms with Gasteiger partial charge in [-0.25, -0.2) is 9.78 Å². The van der Waals surface area contributed by atoms with Crippen molar-refractivity contribution >= 4 is 27.5 Å². The summed E-state index contributed by atoms with van der Waals surface area (Å²) in [6.07, 6.45) is 1.12. The lowest BCUT2D eigenvalue weighted by molar-refractivity contribution is 0.102. The Morgan fingerprint density at radius 2 is 2.11 bits per heavy atom. The van der Waals surface area contributed by atoms with E-state index in [1.807, 2.05) is 0 Å². The van der Waals surface area contributed by atoms with E-state index < -0.39 is 5.63 Å². The Morgan fingerprint density at radius 3 is 2.72 bits per heavy atom. The molecule has 0 atom stereocenters. The molecule has 0 unspecified atom stereocenters. The number of hydrogen-bond donors (Lipinski definition) is 1. The van der Waals surface area contributed by atoms with Gasteiger partial charge in [0.25, 0.3) is 5.91 Å². The molecule has 5 nitrogen and oxygen atoms in total. The summed E-state index contributed by atoms with van der Waals surface area (Å²) in [4.78, 5) is 26.8. The number of hydrogen-bond acceptors (Lipinski definition) is 4. The van der Waals surface area contributed by atoms with Crippen LogP contribution in [0.2, 0.25) is 0 Å². The van der Waals surface area contributed by atoms with E-state index in [2.05, 4.69) is 30.6 Å². The first kappa shape index (κ1) is 12.5. The van der Waals surface area contributed by atoms with Crippen molar-refractivity contribution in [1.29, 1.82) is 0 Å². The molecule has 0 aromatic carbocycles. The summed E-state index contributed by atoms with van der Waals surface area (Å²) in [5.41, 5.74) is 1.08. The summed E-state index contributed by atoms with van der Waals surface area (Å²) < 4.78 is 5.32. The summed E-state index contributed by atoms with van der Waals surface area (Å²) in [6, 6.07) is 6.07. The molecule has 2 aromatic rings. The zero-order valence-corrected chi connectivity index (χ0v) is 11.0. The number of carbonyl (C=O) groups excluding carboxylic acids is 1. The van der Waals surface area contributed by atoms with Gasteiger partial charge in [-0.1, -0.05) is 0 Å². The molecule has 0 fully saturated rings. The fourth-order valence-corrected chi connectivity index (χ4v) is 1.74. The Bertz CT molecular complexity index is 632. The third-order valence-corrected chi connectivity index (χ3v) is 2.70. The molecule has 92 valence electrons. The summed E-state index contributed by atoms with van der Waals surface area (Å²) in [6.45, 7) is 1.78. The van der Waals surface area contributed by atoms with E-state index >= 15 is 0 Å². The number of amides is 1. The molecule has 2 rings (SSSR count). The molecule has 0 spiro atoms. The predicted octanol–water partition coefficient (Wildman–Crippen LogP) is 2.36. The van der Waals surface area contributed by atoms with Gasteiger partial charge < -0.3 is 9.73 Å². The molecule has 1 N–H and O–H groups in total. The zero-order chi connectivity index (χ0) is 13.1. The second-order valence-electron chi connectivity index (χ2n) is 3.56. The molecule has 0 saturated carbocycles. The SMILES string of the molecule is Cc1nc(Br)ccc1NC(=O)c1ccc(=O)oc1. The van der Waals surface area contributed by atoms with E-state index in [-0.39, 0.29) is 11.5 Å². The van der Waals surface area contributed by atoms with E-state index in [0.29, 0.717) is 16.0 Å². The molecule has 0 saturated heterocycles. The number of pyridine rings is 1. The third-order valence-electron chi connectivity index (χ3n) is 2.26. The summed E-state index contributed by atoms with van der Waals surface area (Å²) in [5.74, 6) is -0.356. The third kappa shape index (κ3) is 2.84. The van der Waals surface area contributed by atoms with Crippen molar-refractivity contribution in [3.8, 4) is 0 Å². The standard InChI is InChI=1S/C12H9BrN2O3/c1-7-9(3-4-10(13)14-7)15-12(17)8-2-5-11(16)18-6-8/h2-6H,1H3,(H,15,17). The number of carbonyl (C=O) groups is 1. The highest BCUT2D eigenvalue weighted by Gasteiger charge is 2.09. The number of anilines is 1. The maximum Gasteiger partial charge on any atom is 0.335 e. The molecule has 18 heavy (non-hydrogen) atoms. The van der Waals surface area contributed by atoms with Gasteiger partial charge in [0.2, 0.25) is 0 Å². The van der Waals surface area contributed by atoms with Gasteiger partial charge in [0.05, 0.1) is 16.9 Å². The number of aryl methyl sites for hydroxylation is 1. The monoisotopic (exact) mass is 308 g/mol. The topological polar surface area (TPSA) is 72.2 Å². The number of rotatable bonds is 2. The molecular weight excluding hydrogens is 300 g/mol. The average molecular weight is 309 g/mol. The molecule has 0 aliphatic rings. The van der Waals surface area contributed by atoms with Crippen molar-refractivity contribution in [2.45, 2.75) is 6.92 Å². The van der Waals surface area contributed by atoms with Crippen molar-refractivity contribution in [2.24, 2.45) is 0 Å². The van der Waals surface area contributed by atoms with Crippen LogP contribution in [0.3, 0.4) is 0 Å². The fourth-order valence-electron chi connectivity index (χ4n) is 1.34. The Hall–Kier alpha value is -1.95. The molecule has 0 aliphatic carbocycles. The number of nitrogens with one attached hydrogen (secondary N) is 1. The smallest absolute Gasteiger partial charge is 0.335 e. The van der Waals surface area contributed by atoms with E-state index in [4.69, 9.17) is 0 Å². The average Bonchev–Trinajstić information content (AvgIpc) is 2.33. The van der Waals surface area contributed by atoms with Gasteiger partial charge in [0.1, 0.15) is 10.9 Å². The first-order valence-corrected chi connectivity index (χ1v) is 5.89.